The van der Waals surface area contributed by atoms with Crippen LogP contribution >= 0.6 is 0 Å². The van der Waals surface area contributed by atoms with E-state index in [2.05, 4.69) is 4.98 Å². The molecule has 5 heteroatoms. The van der Waals surface area contributed by atoms with E-state index in [1.54, 1.807) is 19.4 Å². The van der Waals surface area contributed by atoms with Gasteiger partial charge in [-0.05, 0) is 18.1 Å². The summed E-state index contributed by atoms with van der Waals surface area (Å²) in [6.45, 7) is 2.37. The molecular weight excluding hydrogens is 224 g/mol. The first-order valence-electron chi connectivity index (χ1n) is 5.39. The van der Waals surface area contributed by atoms with Gasteiger partial charge in [0.15, 0.2) is 0 Å². The highest BCUT2D eigenvalue weighted by Crippen LogP contribution is 2.07. The molecule has 1 heterocycles. The molecule has 0 bridgehead atoms. The minimum absolute atomic E-state index is 0.222. The number of unbranched alkanes of at least 4 members (excludes halogenated alkanes) is 1. The lowest BCUT2D eigenvalue weighted by Crippen LogP contribution is -2.28. The van der Waals surface area contributed by atoms with Crippen LogP contribution in [0.3, 0.4) is 0 Å². The van der Waals surface area contributed by atoms with Crippen molar-refractivity contribution in [1.82, 2.24) is 9.29 Å². The van der Waals surface area contributed by atoms with Crippen molar-refractivity contribution in [2.75, 3.05) is 12.8 Å². The molecule has 0 aromatic carbocycles. The van der Waals surface area contributed by atoms with Crippen molar-refractivity contribution in [1.29, 1.82) is 0 Å². The SMILES string of the molecule is CCCCS(=O)(=O)N(C)Cc1cccnc1. The minimum atomic E-state index is -3.12. The largest absolute Gasteiger partial charge is 0.264 e. The average molecular weight is 242 g/mol. The van der Waals surface area contributed by atoms with Crippen molar-refractivity contribution in [2.24, 2.45) is 0 Å². The monoisotopic (exact) mass is 242 g/mol. The Morgan fingerprint density at radius 1 is 1.44 bits per heavy atom. The van der Waals surface area contributed by atoms with Crippen LogP contribution < -0.4 is 0 Å². The molecule has 1 aromatic heterocycles. The standard InChI is InChI=1S/C11H18N2O2S/c1-3-4-8-16(14,15)13(2)10-11-6-5-7-12-9-11/h5-7,9H,3-4,8,10H2,1-2H3. The second-order valence-electron chi connectivity index (χ2n) is 3.79. The van der Waals surface area contributed by atoms with Crippen LogP contribution in [0, 0.1) is 0 Å². The Bertz CT molecular complexity index is 403. The zero-order chi connectivity index (χ0) is 12.0. The molecule has 0 aliphatic heterocycles. The lowest BCUT2D eigenvalue weighted by molar-refractivity contribution is 0.464. The molecule has 1 aromatic rings. The molecule has 4 nitrogen and oxygen atoms in total. The van der Waals surface area contributed by atoms with Crippen LogP contribution in [-0.4, -0.2) is 30.5 Å². The van der Waals surface area contributed by atoms with E-state index in [-0.39, 0.29) is 5.75 Å². The van der Waals surface area contributed by atoms with Crippen LogP contribution in [0.2, 0.25) is 0 Å². The van der Waals surface area contributed by atoms with Gasteiger partial charge in [-0.3, -0.25) is 4.98 Å². The number of pyridine rings is 1. The fourth-order valence-electron chi connectivity index (χ4n) is 1.33. The highest BCUT2D eigenvalue weighted by molar-refractivity contribution is 7.89. The van der Waals surface area contributed by atoms with Crippen molar-refractivity contribution in [3.05, 3.63) is 30.1 Å². The molecule has 0 saturated heterocycles. The van der Waals surface area contributed by atoms with Crippen LogP contribution in [0.15, 0.2) is 24.5 Å². The summed E-state index contributed by atoms with van der Waals surface area (Å²) < 4.78 is 25.0. The van der Waals surface area contributed by atoms with E-state index in [0.717, 1.165) is 12.0 Å². The highest BCUT2D eigenvalue weighted by Gasteiger charge is 2.16. The van der Waals surface area contributed by atoms with E-state index in [1.807, 2.05) is 19.1 Å². The number of hydrogen-bond donors (Lipinski definition) is 0. The molecule has 1 rings (SSSR count). The molecule has 16 heavy (non-hydrogen) atoms. The Kier molecular flexibility index (Phi) is 4.89. The summed E-state index contributed by atoms with van der Waals surface area (Å²) in [6, 6.07) is 3.68. The lowest BCUT2D eigenvalue weighted by Gasteiger charge is -2.16. The summed E-state index contributed by atoms with van der Waals surface area (Å²) >= 11 is 0. The summed E-state index contributed by atoms with van der Waals surface area (Å²) in [4.78, 5) is 3.96. The van der Waals surface area contributed by atoms with Crippen molar-refractivity contribution < 1.29 is 8.42 Å². The van der Waals surface area contributed by atoms with Crippen molar-refractivity contribution >= 4 is 10.0 Å². The van der Waals surface area contributed by atoms with Gasteiger partial charge in [-0.25, -0.2) is 12.7 Å². The first kappa shape index (κ1) is 13.1. The van der Waals surface area contributed by atoms with E-state index < -0.39 is 10.0 Å². The fraction of sp³-hybridized carbons (Fsp3) is 0.545. The summed E-state index contributed by atoms with van der Waals surface area (Å²) in [5.74, 6) is 0.222. The molecule has 0 aliphatic rings. The predicted octanol–water partition coefficient (Wildman–Crippen LogP) is 1.64. The summed E-state index contributed by atoms with van der Waals surface area (Å²) in [5, 5.41) is 0. The van der Waals surface area contributed by atoms with Gasteiger partial charge in [0.25, 0.3) is 0 Å². The van der Waals surface area contributed by atoms with Crippen LogP contribution in [0.5, 0.6) is 0 Å². The van der Waals surface area contributed by atoms with Gasteiger partial charge in [0, 0.05) is 26.0 Å². The maximum atomic E-state index is 11.8. The topological polar surface area (TPSA) is 50.3 Å². The number of rotatable bonds is 6. The maximum absolute atomic E-state index is 11.8. The molecule has 90 valence electrons. The van der Waals surface area contributed by atoms with Gasteiger partial charge in [-0.1, -0.05) is 19.4 Å². The molecule has 0 atom stereocenters. The molecular formula is C11H18N2O2S. The molecule has 0 aliphatic carbocycles. The first-order valence-corrected chi connectivity index (χ1v) is 7.00. The van der Waals surface area contributed by atoms with Gasteiger partial charge in [0.1, 0.15) is 0 Å². The third-order valence-corrected chi connectivity index (χ3v) is 4.24. The lowest BCUT2D eigenvalue weighted by atomic mass is 10.3. The van der Waals surface area contributed by atoms with Crippen LogP contribution in [0.25, 0.3) is 0 Å². The Hall–Kier alpha value is -0.940. The van der Waals surface area contributed by atoms with E-state index in [4.69, 9.17) is 0 Å². The number of sulfonamides is 1. The fourth-order valence-corrected chi connectivity index (χ4v) is 2.64. The van der Waals surface area contributed by atoms with Gasteiger partial charge in [-0.2, -0.15) is 0 Å². The minimum Gasteiger partial charge on any atom is -0.264 e. The van der Waals surface area contributed by atoms with Gasteiger partial charge < -0.3 is 0 Å². The quantitative estimate of drug-likeness (QED) is 0.762. The Balaban J connectivity index is 2.61. The summed E-state index contributed by atoms with van der Waals surface area (Å²) in [7, 11) is -1.51. The van der Waals surface area contributed by atoms with Gasteiger partial charge in [0.05, 0.1) is 5.75 Å². The Morgan fingerprint density at radius 2 is 2.19 bits per heavy atom. The molecule has 0 amide bonds. The second kappa shape index (κ2) is 5.96. The van der Waals surface area contributed by atoms with E-state index in [9.17, 15) is 8.42 Å². The second-order valence-corrected chi connectivity index (χ2v) is 5.98. The van der Waals surface area contributed by atoms with Crippen LogP contribution in [0.4, 0.5) is 0 Å². The smallest absolute Gasteiger partial charge is 0.214 e. The van der Waals surface area contributed by atoms with Gasteiger partial charge in [-0.15, -0.1) is 0 Å². The summed E-state index contributed by atoms with van der Waals surface area (Å²) in [5.41, 5.74) is 0.907. The van der Waals surface area contributed by atoms with Crippen LogP contribution in [-0.2, 0) is 16.6 Å². The van der Waals surface area contributed by atoms with E-state index in [0.29, 0.717) is 13.0 Å². The normalized spacial score (nSPS) is 11.9. The molecule has 0 N–H and O–H groups in total. The van der Waals surface area contributed by atoms with E-state index >= 15 is 0 Å². The van der Waals surface area contributed by atoms with Crippen molar-refractivity contribution in [3.8, 4) is 0 Å². The molecule has 0 radical (unpaired) electrons. The number of hydrogen-bond acceptors (Lipinski definition) is 3. The maximum Gasteiger partial charge on any atom is 0.214 e. The zero-order valence-electron chi connectivity index (χ0n) is 9.76. The third kappa shape index (κ3) is 3.90. The van der Waals surface area contributed by atoms with E-state index in [1.165, 1.54) is 4.31 Å². The molecule has 0 saturated carbocycles. The highest BCUT2D eigenvalue weighted by atomic mass is 32.2. The first-order chi connectivity index (χ1) is 7.56. The average Bonchev–Trinajstić information content (AvgIpc) is 2.28. The van der Waals surface area contributed by atoms with Crippen LogP contribution in [0.1, 0.15) is 25.3 Å². The Morgan fingerprint density at radius 3 is 2.75 bits per heavy atom. The van der Waals surface area contributed by atoms with Crippen molar-refractivity contribution in [2.45, 2.75) is 26.3 Å². The number of nitrogens with zero attached hydrogens (tertiary/aromatic N) is 2. The molecule has 0 spiro atoms. The van der Waals surface area contributed by atoms with Gasteiger partial charge in [0.2, 0.25) is 10.0 Å². The summed E-state index contributed by atoms with van der Waals surface area (Å²) in [6.07, 6.45) is 4.96. The van der Waals surface area contributed by atoms with Crippen molar-refractivity contribution in [3.63, 3.8) is 0 Å². The van der Waals surface area contributed by atoms with Gasteiger partial charge >= 0.3 is 0 Å². The Labute approximate surface area is 97.4 Å². The predicted molar refractivity (Wildman–Crippen MR) is 64.4 cm³/mol. The third-order valence-electron chi connectivity index (χ3n) is 2.36. The molecule has 0 unspecified atom stereocenters. The zero-order valence-corrected chi connectivity index (χ0v) is 10.6. The molecule has 0 fully saturated rings. The number of aromatic nitrogens is 1.